The van der Waals surface area contributed by atoms with Gasteiger partial charge in [0.15, 0.2) is 0 Å². The maximum Gasteiger partial charge on any atom is 0.320 e. The lowest BCUT2D eigenvalue weighted by Gasteiger charge is -2.28. The zero-order valence-corrected chi connectivity index (χ0v) is 13.3. The van der Waals surface area contributed by atoms with Crippen molar-refractivity contribution in [2.45, 2.75) is 0 Å². The Morgan fingerprint density at radius 3 is 2.43 bits per heavy atom. The number of anilines is 3. The van der Waals surface area contributed by atoms with Crippen molar-refractivity contribution >= 4 is 17.3 Å². The summed E-state index contributed by atoms with van der Waals surface area (Å²) in [5.74, 6) is 2.32. The number of methoxy groups -OCH3 is 2. The predicted octanol–water partition coefficient (Wildman–Crippen LogP) is 2.07. The van der Waals surface area contributed by atoms with Gasteiger partial charge in [-0.3, -0.25) is 0 Å². The first-order chi connectivity index (χ1) is 11.3. The van der Waals surface area contributed by atoms with Crippen LogP contribution in [0.25, 0.3) is 0 Å². The van der Waals surface area contributed by atoms with Crippen molar-refractivity contribution in [2.24, 2.45) is 0 Å². The van der Waals surface area contributed by atoms with E-state index >= 15 is 0 Å². The van der Waals surface area contributed by atoms with Gasteiger partial charge >= 0.3 is 6.01 Å². The first-order valence-corrected chi connectivity index (χ1v) is 7.45. The van der Waals surface area contributed by atoms with Crippen LogP contribution in [0.1, 0.15) is 0 Å². The fraction of sp³-hybridized carbons (Fsp3) is 0.375. The normalized spacial score (nSPS) is 14.4. The number of nitrogens with zero attached hydrogens (tertiary/aromatic N) is 3. The predicted molar refractivity (Wildman–Crippen MR) is 87.9 cm³/mol. The van der Waals surface area contributed by atoms with E-state index in [0.717, 1.165) is 30.3 Å². The summed E-state index contributed by atoms with van der Waals surface area (Å²) in [4.78, 5) is 10.9. The van der Waals surface area contributed by atoms with Gasteiger partial charge in [0.1, 0.15) is 17.4 Å². The van der Waals surface area contributed by atoms with Gasteiger partial charge in [0.2, 0.25) is 0 Å². The zero-order valence-electron chi connectivity index (χ0n) is 13.3. The number of ether oxygens (including phenoxy) is 3. The molecule has 0 atom stereocenters. The van der Waals surface area contributed by atoms with E-state index in [1.54, 1.807) is 14.2 Å². The second kappa shape index (κ2) is 7.15. The lowest BCUT2D eigenvalue weighted by atomic mass is 10.3. The van der Waals surface area contributed by atoms with Gasteiger partial charge < -0.3 is 24.4 Å². The fourth-order valence-electron chi connectivity index (χ4n) is 2.34. The molecule has 0 amide bonds. The van der Waals surface area contributed by atoms with E-state index < -0.39 is 0 Å². The van der Waals surface area contributed by atoms with E-state index in [4.69, 9.17) is 14.2 Å². The number of morpholine rings is 1. The molecule has 0 bridgehead atoms. The molecule has 0 saturated carbocycles. The highest BCUT2D eigenvalue weighted by molar-refractivity contribution is 5.61. The van der Waals surface area contributed by atoms with Crippen molar-refractivity contribution in [1.29, 1.82) is 0 Å². The van der Waals surface area contributed by atoms with E-state index in [1.807, 2.05) is 30.3 Å². The van der Waals surface area contributed by atoms with Crippen molar-refractivity contribution in [2.75, 3.05) is 50.7 Å². The van der Waals surface area contributed by atoms with Crippen LogP contribution in [0.2, 0.25) is 0 Å². The van der Waals surface area contributed by atoms with Crippen LogP contribution >= 0.6 is 0 Å². The molecular weight excluding hydrogens is 296 g/mol. The first-order valence-electron chi connectivity index (χ1n) is 7.45. The SMILES string of the molecule is COc1ccc(Nc2cc(N3CCOCC3)nc(OC)n2)cc1. The molecule has 122 valence electrons. The Bertz CT molecular complexity index is 642. The molecule has 1 fully saturated rings. The summed E-state index contributed by atoms with van der Waals surface area (Å²) in [7, 11) is 3.21. The smallest absolute Gasteiger partial charge is 0.320 e. The standard InChI is InChI=1S/C16H20N4O3/c1-21-13-5-3-12(4-6-13)17-14-11-15(19-16(18-14)22-2)20-7-9-23-10-8-20/h3-6,11H,7-10H2,1-2H3,(H,17,18,19). The highest BCUT2D eigenvalue weighted by atomic mass is 16.5. The van der Waals surface area contributed by atoms with Crippen molar-refractivity contribution in [3.8, 4) is 11.8 Å². The molecule has 0 aliphatic carbocycles. The Labute approximate surface area is 135 Å². The number of aromatic nitrogens is 2. The van der Waals surface area contributed by atoms with Crippen LogP contribution in [0, 0.1) is 0 Å². The Morgan fingerprint density at radius 1 is 1.04 bits per heavy atom. The van der Waals surface area contributed by atoms with Gasteiger partial charge in [-0.25, -0.2) is 0 Å². The minimum Gasteiger partial charge on any atom is -0.497 e. The highest BCUT2D eigenvalue weighted by Crippen LogP contribution is 2.24. The number of benzene rings is 1. The molecule has 0 unspecified atom stereocenters. The molecule has 1 saturated heterocycles. The van der Waals surface area contributed by atoms with Gasteiger partial charge in [0.05, 0.1) is 27.4 Å². The van der Waals surface area contributed by atoms with Gasteiger partial charge in [0.25, 0.3) is 0 Å². The molecule has 7 nitrogen and oxygen atoms in total. The van der Waals surface area contributed by atoms with E-state index in [9.17, 15) is 0 Å². The molecule has 2 aromatic rings. The second-order valence-electron chi connectivity index (χ2n) is 5.05. The molecule has 3 rings (SSSR count). The average molecular weight is 316 g/mol. The molecule has 2 heterocycles. The van der Waals surface area contributed by atoms with Crippen LogP contribution < -0.4 is 19.7 Å². The minimum absolute atomic E-state index is 0.338. The molecule has 7 heteroatoms. The first kappa shape index (κ1) is 15.4. The summed E-state index contributed by atoms with van der Waals surface area (Å²) in [6.07, 6.45) is 0. The molecule has 0 radical (unpaired) electrons. The summed E-state index contributed by atoms with van der Waals surface area (Å²) in [6, 6.07) is 9.90. The van der Waals surface area contributed by atoms with E-state index in [1.165, 1.54) is 0 Å². The van der Waals surface area contributed by atoms with Crippen LogP contribution in [0.3, 0.4) is 0 Å². The van der Waals surface area contributed by atoms with Crippen LogP contribution in [0.5, 0.6) is 11.8 Å². The number of hydrogen-bond donors (Lipinski definition) is 1. The molecule has 1 aliphatic heterocycles. The average Bonchev–Trinajstić information content (AvgIpc) is 2.63. The Morgan fingerprint density at radius 2 is 1.78 bits per heavy atom. The molecule has 1 N–H and O–H groups in total. The third-order valence-electron chi connectivity index (χ3n) is 3.57. The van der Waals surface area contributed by atoms with Crippen LogP contribution in [-0.2, 0) is 4.74 Å². The van der Waals surface area contributed by atoms with Crippen molar-refractivity contribution in [3.05, 3.63) is 30.3 Å². The van der Waals surface area contributed by atoms with Gasteiger partial charge in [-0.05, 0) is 24.3 Å². The molecular formula is C16H20N4O3. The van der Waals surface area contributed by atoms with E-state index in [2.05, 4.69) is 20.2 Å². The lowest BCUT2D eigenvalue weighted by molar-refractivity contribution is 0.122. The lowest BCUT2D eigenvalue weighted by Crippen LogP contribution is -2.36. The number of hydrogen-bond acceptors (Lipinski definition) is 7. The molecule has 1 aromatic heterocycles. The molecule has 1 aromatic carbocycles. The third-order valence-corrected chi connectivity index (χ3v) is 3.57. The Kier molecular flexibility index (Phi) is 4.77. The van der Waals surface area contributed by atoms with Crippen LogP contribution in [-0.4, -0.2) is 50.5 Å². The highest BCUT2D eigenvalue weighted by Gasteiger charge is 2.15. The molecule has 0 spiro atoms. The maximum atomic E-state index is 5.38. The largest absolute Gasteiger partial charge is 0.497 e. The Hall–Kier alpha value is -2.54. The third kappa shape index (κ3) is 3.81. The van der Waals surface area contributed by atoms with Gasteiger partial charge in [-0.2, -0.15) is 9.97 Å². The quantitative estimate of drug-likeness (QED) is 0.905. The van der Waals surface area contributed by atoms with Gasteiger partial charge in [-0.15, -0.1) is 0 Å². The van der Waals surface area contributed by atoms with Crippen molar-refractivity contribution in [1.82, 2.24) is 9.97 Å². The summed E-state index contributed by atoms with van der Waals surface area (Å²) in [5.41, 5.74) is 0.916. The second-order valence-corrected chi connectivity index (χ2v) is 5.05. The number of rotatable bonds is 5. The molecule has 23 heavy (non-hydrogen) atoms. The van der Waals surface area contributed by atoms with Gasteiger partial charge in [0, 0.05) is 24.8 Å². The monoisotopic (exact) mass is 316 g/mol. The van der Waals surface area contributed by atoms with Crippen LogP contribution in [0.15, 0.2) is 30.3 Å². The van der Waals surface area contributed by atoms with E-state index in [-0.39, 0.29) is 0 Å². The summed E-state index contributed by atoms with van der Waals surface area (Å²) in [5, 5.41) is 3.26. The number of nitrogens with one attached hydrogen (secondary N) is 1. The summed E-state index contributed by atoms with van der Waals surface area (Å²) in [6.45, 7) is 3.02. The Balaban J connectivity index is 1.82. The summed E-state index contributed by atoms with van der Waals surface area (Å²) < 4.78 is 15.8. The summed E-state index contributed by atoms with van der Waals surface area (Å²) >= 11 is 0. The van der Waals surface area contributed by atoms with Crippen molar-refractivity contribution in [3.63, 3.8) is 0 Å². The van der Waals surface area contributed by atoms with Crippen LogP contribution in [0.4, 0.5) is 17.3 Å². The van der Waals surface area contributed by atoms with E-state index in [0.29, 0.717) is 25.0 Å². The molecule has 1 aliphatic rings. The minimum atomic E-state index is 0.338. The maximum absolute atomic E-state index is 5.38. The fourth-order valence-corrected chi connectivity index (χ4v) is 2.34. The van der Waals surface area contributed by atoms with Gasteiger partial charge in [-0.1, -0.05) is 0 Å². The zero-order chi connectivity index (χ0) is 16.1. The topological polar surface area (TPSA) is 68.7 Å². The van der Waals surface area contributed by atoms with Crippen molar-refractivity contribution < 1.29 is 14.2 Å².